The topological polar surface area (TPSA) is 239 Å². The largest absolute Gasteiger partial charge is 0.356 e. The first-order valence-electron chi connectivity index (χ1n) is 26.2. The van der Waals surface area contributed by atoms with Crippen molar-refractivity contribution in [2.75, 3.05) is 40.3 Å². The maximum Gasteiger partial charge on any atom is 0.245 e. The minimum atomic E-state index is -0.862. The van der Waals surface area contributed by atoms with Gasteiger partial charge >= 0.3 is 0 Å². The summed E-state index contributed by atoms with van der Waals surface area (Å²) in [5.74, 6) is -2.56. The first-order chi connectivity index (χ1) is 34.3. The number of unbranched alkanes of at least 4 members (excludes halogenated alkanes) is 2. The number of likely N-dealkylation sites (N-methyl/N-ethyl adjacent to an activating group) is 2. The Morgan fingerprint density at radius 2 is 0.958 bits per heavy atom. The van der Waals surface area contributed by atoms with Crippen molar-refractivity contribution < 1.29 is 38.4 Å². The Labute approximate surface area is 419 Å². The van der Waals surface area contributed by atoms with Gasteiger partial charge in [0, 0.05) is 26.2 Å². The highest BCUT2D eigenvalue weighted by Gasteiger charge is 2.40. The van der Waals surface area contributed by atoms with Gasteiger partial charge in [-0.15, -0.1) is 0 Å². The molecule has 0 radical (unpaired) electrons. The van der Waals surface area contributed by atoms with E-state index >= 15 is 0 Å². The van der Waals surface area contributed by atoms with E-state index in [-0.39, 0.29) is 67.0 Å². The van der Waals surface area contributed by atoms with Gasteiger partial charge in [0.2, 0.25) is 47.3 Å². The molecule has 0 saturated carbocycles. The highest BCUT2D eigenvalue weighted by atomic mass is 16.2. The summed E-state index contributed by atoms with van der Waals surface area (Å²) in [4.78, 5) is 110. The summed E-state index contributed by atoms with van der Waals surface area (Å²) in [6.45, 7) is 4.75. The quantitative estimate of drug-likeness (QED) is 0.0565. The number of aryl methyl sites for hydroxylation is 2. The van der Waals surface area contributed by atoms with Crippen LogP contribution in [0, 0.1) is 0 Å². The van der Waals surface area contributed by atoms with Crippen molar-refractivity contribution in [3.8, 4) is 0 Å². The van der Waals surface area contributed by atoms with E-state index in [0.29, 0.717) is 77.3 Å². The minimum absolute atomic E-state index is 0.114. The maximum absolute atomic E-state index is 14.1. The lowest BCUT2D eigenvalue weighted by molar-refractivity contribution is -0.142. The van der Waals surface area contributed by atoms with E-state index in [1.54, 1.807) is 37.7 Å². The summed E-state index contributed by atoms with van der Waals surface area (Å²) in [5.41, 5.74) is 4.70. The molecular weight excluding hydrogens is 905 g/mol. The fourth-order valence-corrected chi connectivity index (χ4v) is 10.4. The molecule has 8 N–H and O–H groups in total. The van der Waals surface area contributed by atoms with Gasteiger partial charge < -0.3 is 52.3 Å². The molecule has 2 aromatic carbocycles. The monoisotopic (exact) mass is 983 g/mol. The van der Waals surface area contributed by atoms with Gasteiger partial charge in [-0.2, -0.15) is 0 Å². The van der Waals surface area contributed by atoms with Crippen molar-refractivity contribution in [3.63, 3.8) is 0 Å². The fourth-order valence-electron chi connectivity index (χ4n) is 10.4. The number of benzene rings is 2. The molecule has 2 aromatic rings. The molecule has 2 fully saturated rings. The smallest absolute Gasteiger partial charge is 0.245 e. The maximum atomic E-state index is 14.1. The van der Waals surface area contributed by atoms with Crippen molar-refractivity contribution in [3.05, 3.63) is 70.8 Å². The highest BCUT2D eigenvalue weighted by molar-refractivity contribution is 5.97. The standard InChI is InChI=1S/C53H78N10O8/c1-34(54-3)48(66)60-42(52(70)62-31-15-27-44(62)50(68)58-40-25-13-19-36-17-5-7-21-38(36)40)23-9-11-29-56-46(64)33-47(65)57-30-12-10-24-43(61-49(67)35(2)55-4)53(71)63-32-16-28-45(63)51(69)59-41-26-14-20-37-18-6-8-22-39(37)41/h5-8,17-18,21-22,34-35,40-45,54-55H,9-16,19-20,23-33H2,1-4H3,(H,56,64)(H,57,65)(H,58,68)(H,59,69)(H,60,66)(H,61,67)/t34-,35+,40-,41+,42+,43-,44-,45?/m1/s1. The molecule has 2 aliphatic heterocycles. The first-order valence-corrected chi connectivity index (χ1v) is 26.2. The first kappa shape index (κ1) is 54.5. The van der Waals surface area contributed by atoms with Crippen LogP contribution < -0.4 is 42.5 Å². The van der Waals surface area contributed by atoms with Gasteiger partial charge in [0.25, 0.3) is 0 Å². The molecule has 71 heavy (non-hydrogen) atoms. The number of fused-ring (bicyclic) bond motifs is 2. The van der Waals surface area contributed by atoms with E-state index in [1.165, 1.54) is 11.1 Å². The number of likely N-dealkylation sites (tertiary alicyclic amines) is 2. The number of hydrogen-bond donors (Lipinski definition) is 8. The van der Waals surface area contributed by atoms with Gasteiger partial charge in [-0.05, 0) is 153 Å². The molecule has 2 heterocycles. The Morgan fingerprint density at radius 3 is 1.37 bits per heavy atom. The molecule has 8 atom stereocenters. The van der Waals surface area contributed by atoms with Crippen LogP contribution in [0.2, 0.25) is 0 Å². The van der Waals surface area contributed by atoms with Crippen LogP contribution in [-0.4, -0.2) is 134 Å². The van der Waals surface area contributed by atoms with Crippen LogP contribution in [0.3, 0.4) is 0 Å². The second kappa shape index (κ2) is 27.1. The second-order valence-electron chi connectivity index (χ2n) is 19.7. The zero-order valence-electron chi connectivity index (χ0n) is 42.2. The van der Waals surface area contributed by atoms with E-state index in [1.807, 2.05) is 24.3 Å². The molecular formula is C53H78N10O8. The van der Waals surface area contributed by atoms with Crippen LogP contribution in [0.5, 0.6) is 0 Å². The number of carbonyl (C=O) groups excluding carboxylic acids is 8. The van der Waals surface area contributed by atoms with E-state index < -0.39 is 48.1 Å². The number of carbonyl (C=O) groups is 8. The molecule has 1 unspecified atom stereocenters. The van der Waals surface area contributed by atoms with Crippen molar-refractivity contribution in [2.45, 2.75) is 171 Å². The molecule has 6 rings (SSSR count). The molecule has 18 nitrogen and oxygen atoms in total. The Morgan fingerprint density at radius 1 is 0.549 bits per heavy atom. The highest BCUT2D eigenvalue weighted by Crippen LogP contribution is 2.32. The Bertz CT molecular complexity index is 2040. The van der Waals surface area contributed by atoms with Gasteiger partial charge in [-0.25, -0.2) is 0 Å². The second-order valence-corrected chi connectivity index (χ2v) is 19.7. The lowest BCUT2D eigenvalue weighted by Gasteiger charge is -2.32. The van der Waals surface area contributed by atoms with Gasteiger partial charge in [0.05, 0.1) is 24.2 Å². The molecule has 4 aliphatic rings. The zero-order valence-corrected chi connectivity index (χ0v) is 42.2. The lowest BCUT2D eigenvalue weighted by atomic mass is 9.87. The summed E-state index contributed by atoms with van der Waals surface area (Å²) in [6, 6.07) is 12.0. The van der Waals surface area contributed by atoms with E-state index in [2.05, 4.69) is 66.8 Å². The average Bonchev–Trinajstić information content (AvgIpc) is 4.09. The Kier molecular flexibility index (Phi) is 20.8. The molecule has 2 aliphatic carbocycles. The molecule has 0 spiro atoms. The third-order valence-corrected chi connectivity index (χ3v) is 14.7. The predicted octanol–water partition coefficient (Wildman–Crippen LogP) is 2.50. The van der Waals surface area contributed by atoms with E-state index in [4.69, 9.17) is 0 Å². The molecule has 2 saturated heterocycles. The molecule has 18 heteroatoms. The van der Waals surface area contributed by atoms with Gasteiger partial charge in [0.15, 0.2) is 0 Å². The summed E-state index contributed by atoms with van der Waals surface area (Å²) in [6.07, 6.45) is 10.1. The number of nitrogens with one attached hydrogen (secondary N) is 8. The molecule has 0 aromatic heterocycles. The Hall–Kier alpha value is -5.88. The number of hydrogen-bond acceptors (Lipinski definition) is 10. The van der Waals surface area contributed by atoms with Crippen molar-refractivity contribution >= 4 is 47.3 Å². The summed E-state index contributed by atoms with van der Waals surface area (Å²) in [7, 11) is 3.32. The third-order valence-electron chi connectivity index (χ3n) is 14.7. The van der Waals surface area contributed by atoms with Crippen LogP contribution >= 0.6 is 0 Å². The van der Waals surface area contributed by atoms with Gasteiger partial charge in [0.1, 0.15) is 30.6 Å². The van der Waals surface area contributed by atoms with Crippen molar-refractivity contribution in [1.29, 1.82) is 0 Å². The average molecular weight is 983 g/mol. The molecule has 0 bridgehead atoms. The van der Waals surface area contributed by atoms with Gasteiger partial charge in [-0.1, -0.05) is 48.5 Å². The number of amides is 8. The van der Waals surface area contributed by atoms with Crippen LogP contribution in [0.1, 0.15) is 144 Å². The SMILES string of the molecule is CN[C@@H](C)C(=O)N[C@H](CCCCNC(=O)CC(=O)NCCCC[C@H](NC(=O)[C@@H](C)NC)C(=O)N1CCC[C@@H]1C(=O)N[C@@H]1CCCc2ccccc21)C(=O)N1CCCC1C(=O)N[C@H]1CCCc2ccccc21. The number of rotatable bonds is 24. The van der Waals surface area contributed by atoms with E-state index in [9.17, 15) is 38.4 Å². The van der Waals surface area contributed by atoms with Crippen molar-refractivity contribution in [2.24, 2.45) is 0 Å². The molecule has 388 valence electrons. The van der Waals surface area contributed by atoms with Gasteiger partial charge in [-0.3, -0.25) is 38.4 Å². The normalized spacial score (nSPS) is 21.1. The zero-order chi connectivity index (χ0) is 50.9. The van der Waals surface area contributed by atoms with Crippen LogP contribution in [-0.2, 0) is 51.2 Å². The third kappa shape index (κ3) is 15.1. The van der Waals surface area contributed by atoms with E-state index in [0.717, 1.165) is 49.7 Å². The summed E-state index contributed by atoms with van der Waals surface area (Å²) in [5, 5.41) is 23.6. The van der Waals surface area contributed by atoms with Crippen LogP contribution in [0.25, 0.3) is 0 Å². The van der Waals surface area contributed by atoms with Crippen LogP contribution in [0.15, 0.2) is 48.5 Å². The van der Waals surface area contributed by atoms with Crippen molar-refractivity contribution in [1.82, 2.24) is 52.3 Å². The fraction of sp³-hybridized carbons (Fsp3) is 0.623. The summed E-state index contributed by atoms with van der Waals surface area (Å²) >= 11 is 0. The summed E-state index contributed by atoms with van der Waals surface area (Å²) < 4.78 is 0. The molecule has 8 amide bonds. The lowest BCUT2D eigenvalue weighted by Crippen LogP contribution is -2.55. The number of nitrogens with zero attached hydrogens (tertiary/aromatic N) is 2. The predicted molar refractivity (Wildman–Crippen MR) is 269 cm³/mol. The van der Waals surface area contributed by atoms with Crippen LogP contribution in [0.4, 0.5) is 0 Å². The minimum Gasteiger partial charge on any atom is -0.356 e. The Balaban J connectivity index is 0.919.